The highest BCUT2D eigenvalue weighted by Gasteiger charge is 2.24. The van der Waals surface area contributed by atoms with Gasteiger partial charge in [-0.2, -0.15) is 0 Å². The Kier molecular flexibility index (Phi) is 4.34. The Morgan fingerprint density at radius 3 is 3.00 bits per heavy atom. The monoisotopic (exact) mass is 266 g/mol. The molecule has 0 saturated carbocycles. The van der Waals surface area contributed by atoms with E-state index in [1.807, 2.05) is 6.07 Å². The summed E-state index contributed by atoms with van der Waals surface area (Å²) in [5.41, 5.74) is 0.818. The van der Waals surface area contributed by atoms with Gasteiger partial charge in [0.1, 0.15) is 0 Å². The van der Waals surface area contributed by atoms with Crippen LogP contribution in [0.2, 0.25) is 0 Å². The second-order valence-corrected chi connectivity index (χ2v) is 4.79. The van der Waals surface area contributed by atoms with Gasteiger partial charge in [0, 0.05) is 18.5 Å². The first-order valence-electron chi connectivity index (χ1n) is 6.32. The van der Waals surface area contributed by atoms with E-state index in [2.05, 4.69) is 5.32 Å². The van der Waals surface area contributed by atoms with Crippen LogP contribution in [0.25, 0.3) is 0 Å². The molecule has 19 heavy (non-hydrogen) atoms. The number of aliphatic hydroxyl groups excluding tert-OH is 1. The molecule has 1 aromatic carbocycles. The Morgan fingerprint density at radius 1 is 1.58 bits per heavy atom. The fourth-order valence-electron chi connectivity index (χ4n) is 2.43. The molecular weight excluding hydrogens is 248 g/mol. The normalized spacial score (nSPS) is 23.1. The van der Waals surface area contributed by atoms with Crippen molar-refractivity contribution >= 4 is 5.69 Å². The molecule has 2 unspecified atom stereocenters. The fraction of sp³-hybridized carbons (Fsp3) is 0.538. The Hall–Kier alpha value is -1.66. The third-order valence-corrected chi connectivity index (χ3v) is 3.51. The molecular formula is C13H18N2O4. The van der Waals surface area contributed by atoms with Crippen LogP contribution in [0.1, 0.15) is 12.0 Å². The van der Waals surface area contributed by atoms with E-state index in [0.29, 0.717) is 6.42 Å². The van der Waals surface area contributed by atoms with Crippen LogP contribution in [0.4, 0.5) is 5.69 Å². The molecule has 1 aliphatic rings. The number of benzene rings is 1. The molecule has 0 aromatic heterocycles. The standard InChI is InChI=1S/C13H18N2O4/c1-19-13-3-2-9(7-11(13)15(17)18)6-10-8-14-5-4-12(10)16/h2-3,7,10,12,14,16H,4-6,8H2,1H3. The zero-order chi connectivity index (χ0) is 13.8. The number of nitrogens with one attached hydrogen (secondary N) is 1. The molecule has 2 atom stereocenters. The molecule has 2 rings (SSSR count). The molecule has 1 aliphatic heterocycles. The third kappa shape index (κ3) is 3.21. The lowest BCUT2D eigenvalue weighted by Gasteiger charge is -2.28. The molecule has 2 N–H and O–H groups in total. The topological polar surface area (TPSA) is 84.6 Å². The van der Waals surface area contributed by atoms with Crippen molar-refractivity contribution in [3.63, 3.8) is 0 Å². The van der Waals surface area contributed by atoms with Crippen molar-refractivity contribution in [3.8, 4) is 5.75 Å². The smallest absolute Gasteiger partial charge is 0.311 e. The third-order valence-electron chi connectivity index (χ3n) is 3.51. The molecule has 1 aromatic rings. The summed E-state index contributed by atoms with van der Waals surface area (Å²) >= 11 is 0. The van der Waals surface area contributed by atoms with Crippen LogP contribution in [0.3, 0.4) is 0 Å². The van der Waals surface area contributed by atoms with Crippen molar-refractivity contribution in [2.45, 2.75) is 18.9 Å². The van der Waals surface area contributed by atoms with Gasteiger partial charge >= 0.3 is 5.69 Å². The molecule has 1 saturated heterocycles. The number of rotatable bonds is 4. The summed E-state index contributed by atoms with van der Waals surface area (Å²) in [6, 6.07) is 4.95. The van der Waals surface area contributed by atoms with Crippen molar-refractivity contribution in [2.24, 2.45) is 5.92 Å². The van der Waals surface area contributed by atoms with Crippen LogP contribution in [0, 0.1) is 16.0 Å². The number of nitrogens with zero attached hydrogens (tertiary/aromatic N) is 1. The van der Waals surface area contributed by atoms with Gasteiger partial charge in [-0.05, 0) is 31.0 Å². The van der Waals surface area contributed by atoms with Crippen molar-refractivity contribution < 1.29 is 14.8 Å². The van der Waals surface area contributed by atoms with Crippen LogP contribution < -0.4 is 10.1 Å². The SMILES string of the molecule is COc1ccc(CC2CNCCC2O)cc1[N+](=O)[O-]. The van der Waals surface area contributed by atoms with E-state index in [4.69, 9.17) is 4.74 Å². The van der Waals surface area contributed by atoms with Crippen molar-refractivity contribution in [1.82, 2.24) is 5.32 Å². The molecule has 0 bridgehead atoms. The molecule has 6 heteroatoms. The van der Waals surface area contributed by atoms with Crippen LogP contribution in [0.15, 0.2) is 18.2 Å². The van der Waals surface area contributed by atoms with Crippen LogP contribution >= 0.6 is 0 Å². The number of nitro benzene ring substituents is 1. The molecule has 1 fully saturated rings. The summed E-state index contributed by atoms with van der Waals surface area (Å²) in [7, 11) is 1.41. The van der Waals surface area contributed by atoms with E-state index in [0.717, 1.165) is 25.1 Å². The van der Waals surface area contributed by atoms with Gasteiger partial charge in [-0.1, -0.05) is 6.07 Å². The fourth-order valence-corrected chi connectivity index (χ4v) is 2.43. The van der Waals surface area contributed by atoms with E-state index < -0.39 is 4.92 Å². The van der Waals surface area contributed by atoms with Gasteiger partial charge in [0.25, 0.3) is 0 Å². The highest BCUT2D eigenvalue weighted by molar-refractivity contribution is 5.48. The van der Waals surface area contributed by atoms with Crippen LogP contribution in [-0.2, 0) is 6.42 Å². The summed E-state index contributed by atoms with van der Waals surface area (Å²) in [5.74, 6) is 0.359. The van der Waals surface area contributed by atoms with Gasteiger partial charge in [-0.25, -0.2) is 0 Å². The predicted octanol–water partition coefficient (Wildman–Crippen LogP) is 1.12. The molecule has 0 aliphatic carbocycles. The predicted molar refractivity (Wildman–Crippen MR) is 70.3 cm³/mol. The highest BCUT2D eigenvalue weighted by Crippen LogP contribution is 2.29. The minimum atomic E-state index is -0.447. The van der Waals surface area contributed by atoms with Crippen molar-refractivity contribution in [3.05, 3.63) is 33.9 Å². The lowest BCUT2D eigenvalue weighted by Crippen LogP contribution is -2.40. The number of methoxy groups -OCH3 is 1. The van der Waals surface area contributed by atoms with Gasteiger partial charge in [0.2, 0.25) is 0 Å². The van der Waals surface area contributed by atoms with Crippen molar-refractivity contribution in [2.75, 3.05) is 20.2 Å². The summed E-state index contributed by atoms with van der Waals surface area (Å²) in [4.78, 5) is 10.5. The first kappa shape index (κ1) is 13.8. The van der Waals surface area contributed by atoms with Gasteiger partial charge in [-0.15, -0.1) is 0 Å². The van der Waals surface area contributed by atoms with Crippen LogP contribution in [-0.4, -0.2) is 36.3 Å². The van der Waals surface area contributed by atoms with E-state index in [1.54, 1.807) is 6.07 Å². The zero-order valence-electron chi connectivity index (χ0n) is 10.8. The van der Waals surface area contributed by atoms with E-state index >= 15 is 0 Å². The number of nitro groups is 1. The summed E-state index contributed by atoms with van der Waals surface area (Å²) in [6.45, 7) is 1.56. The maximum atomic E-state index is 11.0. The van der Waals surface area contributed by atoms with Gasteiger partial charge < -0.3 is 15.2 Å². The minimum Gasteiger partial charge on any atom is -0.490 e. The second kappa shape index (κ2) is 5.99. The highest BCUT2D eigenvalue weighted by atomic mass is 16.6. The molecule has 104 valence electrons. The number of hydrogen-bond acceptors (Lipinski definition) is 5. The number of hydrogen-bond donors (Lipinski definition) is 2. The number of ether oxygens (including phenoxy) is 1. The van der Waals surface area contributed by atoms with Crippen LogP contribution in [0.5, 0.6) is 5.75 Å². The maximum absolute atomic E-state index is 11.0. The number of piperidine rings is 1. The van der Waals surface area contributed by atoms with E-state index in [1.165, 1.54) is 13.2 Å². The first-order chi connectivity index (χ1) is 9.11. The molecule has 1 heterocycles. The lowest BCUT2D eigenvalue weighted by molar-refractivity contribution is -0.385. The Bertz CT molecular complexity index is 464. The van der Waals surface area contributed by atoms with Gasteiger partial charge in [-0.3, -0.25) is 10.1 Å². The Balaban J connectivity index is 2.16. The van der Waals surface area contributed by atoms with Crippen molar-refractivity contribution in [1.29, 1.82) is 0 Å². The first-order valence-corrected chi connectivity index (χ1v) is 6.32. The van der Waals surface area contributed by atoms with Gasteiger partial charge in [0.05, 0.1) is 18.1 Å². The molecule has 0 amide bonds. The maximum Gasteiger partial charge on any atom is 0.311 e. The van der Waals surface area contributed by atoms with E-state index in [-0.39, 0.29) is 23.5 Å². The van der Waals surface area contributed by atoms with Gasteiger partial charge in [0.15, 0.2) is 5.75 Å². The van der Waals surface area contributed by atoms with E-state index in [9.17, 15) is 15.2 Å². The summed E-state index contributed by atoms with van der Waals surface area (Å²) in [5, 5.41) is 24.1. The molecule has 6 nitrogen and oxygen atoms in total. The summed E-state index contributed by atoms with van der Waals surface area (Å²) < 4.78 is 4.97. The zero-order valence-corrected chi connectivity index (χ0v) is 10.8. The minimum absolute atomic E-state index is 0.0294. The Morgan fingerprint density at radius 2 is 2.37 bits per heavy atom. The quantitative estimate of drug-likeness (QED) is 0.630. The second-order valence-electron chi connectivity index (χ2n) is 4.79. The summed E-state index contributed by atoms with van der Waals surface area (Å²) in [6.07, 6.45) is 1.00. The lowest BCUT2D eigenvalue weighted by atomic mass is 9.89. The average Bonchev–Trinajstić information content (AvgIpc) is 2.41. The molecule has 0 spiro atoms. The molecule has 0 radical (unpaired) electrons. The Labute approximate surface area is 111 Å². The largest absolute Gasteiger partial charge is 0.490 e. The number of aliphatic hydroxyl groups is 1. The average molecular weight is 266 g/mol.